The molecule has 0 aromatic heterocycles. The molecule has 3 N–H and O–H groups in total. The average Bonchev–Trinajstić information content (AvgIpc) is 2.60. The van der Waals surface area contributed by atoms with Crippen LogP contribution >= 0.6 is 11.6 Å². The number of carbonyl (C=O) groups is 3. The number of carboxylic acid groups (broad SMARTS) is 1. The molecule has 27 heavy (non-hydrogen) atoms. The minimum Gasteiger partial charge on any atom is -0.481 e. The summed E-state index contributed by atoms with van der Waals surface area (Å²) in [7, 11) is 0. The lowest BCUT2D eigenvalue weighted by Gasteiger charge is -2.22. The second-order valence-electron chi connectivity index (χ2n) is 6.43. The molecule has 1 atom stereocenters. The quantitative estimate of drug-likeness (QED) is 0.677. The molecule has 1 unspecified atom stereocenters. The van der Waals surface area contributed by atoms with Crippen LogP contribution in [0.1, 0.15) is 29.8 Å². The number of amides is 2. The largest absolute Gasteiger partial charge is 0.481 e. The Hall–Kier alpha value is -2.86. The van der Waals surface area contributed by atoms with Gasteiger partial charge in [0.1, 0.15) is 6.04 Å². The maximum atomic E-state index is 12.6. The highest BCUT2D eigenvalue weighted by atomic mass is 35.5. The van der Waals surface area contributed by atoms with Crippen molar-refractivity contribution >= 4 is 35.1 Å². The zero-order chi connectivity index (χ0) is 20.0. The van der Waals surface area contributed by atoms with Crippen molar-refractivity contribution < 1.29 is 19.5 Å². The van der Waals surface area contributed by atoms with E-state index in [1.807, 2.05) is 13.8 Å². The Morgan fingerprint density at radius 1 is 1.04 bits per heavy atom. The second-order valence-corrected chi connectivity index (χ2v) is 6.84. The SMILES string of the molecule is CC(C)C(NC(=O)c1ccccc1Cl)C(=O)Nc1ccc(CC(=O)O)cc1. The van der Waals surface area contributed by atoms with Crippen LogP contribution in [0.5, 0.6) is 0 Å². The van der Waals surface area contributed by atoms with Gasteiger partial charge in [0.2, 0.25) is 5.91 Å². The Kier molecular flexibility index (Phi) is 6.96. The third kappa shape index (κ3) is 5.82. The second kappa shape index (κ2) is 9.19. The summed E-state index contributed by atoms with van der Waals surface area (Å²) in [6.07, 6.45) is -0.0866. The van der Waals surface area contributed by atoms with E-state index in [1.54, 1.807) is 48.5 Å². The highest BCUT2D eigenvalue weighted by Gasteiger charge is 2.25. The molecule has 0 aliphatic rings. The minimum absolute atomic E-state index is 0.0866. The predicted molar refractivity (Wildman–Crippen MR) is 104 cm³/mol. The van der Waals surface area contributed by atoms with E-state index >= 15 is 0 Å². The van der Waals surface area contributed by atoms with E-state index in [2.05, 4.69) is 10.6 Å². The number of aliphatic carboxylic acids is 1. The van der Waals surface area contributed by atoms with Crippen LogP contribution < -0.4 is 10.6 Å². The lowest BCUT2D eigenvalue weighted by atomic mass is 10.0. The van der Waals surface area contributed by atoms with E-state index in [-0.39, 0.29) is 18.2 Å². The van der Waals surface area contributed by atoms with Crippen molar-refractivity contribution in [3.05, 3.63) is 64.7 Å². The first-order valence-electron chi connectivity index (χ1n) is 8.45. The highest BCUT2D eigenvalue weighted by Crippen LogP contribution is 2.16. The van der Waals surface area contributed by atoms with Crippen molar-refractivity contribution in [3.8, 4) is 0 Å². The van der Waals surface area contributed by atoms with E-state index in [9.17, 15) is 14.4 Å². The lowest BCUT2D eigenvalue weighted by molar-refractivity contribution is -0.136. The lowest BCUT2D eigenvalue weighted by Crippen LogP contribution is -2.47. The molecule has 0 bridgehead atoms. The molecular weight excluding hydrogens is 368 g/mol. The number of benzene rings is 2. The summed E-state index contributed by atoms with van der Waals surface area (Å²) < 4.78 is 0. The van der Waals surface area contributed by atoms with Crippen LogP contribution in [0.4, 0.5) is 5.69 Å². The fraction of sp³-hybridized carbons (Fsp3) is 0.250. The highest BCUT2D eigenvalue weighted by molar-refractivity contribution is 6.33. The van der Waals surface area contributed by atoms with Crippen molar-refractivity contribution in [2.45, 2.75) is 26.3 Å². The van der Waals surface area contributed by atoms with Gasteiger partial charge in [-0.2, -0.15) is 0 Å². The number of rotatable bonds is 7. The Morgan fingerprint density at radius 3 is 2.22 bits per heavy atom. The van der Waals surface area contributed by atoms with Gasteiger partial charge < -0.3 is 15.7 Å². The molecule has 2 rings (SSSR count). The molecule has 0 radical (unpaired) electrons. The zero-order valence-electron chi connectivity index (χ0n) is 15.0. The molecule has 6 nitrogen and oxygen atoms in total. The molecule has 2 aromatic carbocycles. The number of carbonyl (C=O) groups excluding carboxylic acids is 2. The van der Waals surface area contributed by atoms with Gasteiger partial charge in [0.25, 0.3) is 5.91 Å². The summed E-state index contributed by atoms with van der Waals surface area (Å²) >= 11 is 6.04. The topological polar surface area (TPSA) is 95.5 Å². The fourth-order valence-electron chi connectivity index (χ4n) is 2.50. The van der Waals surface area contributed by atoms with Gasteiger partial charge in [-0.1, -0.05) is 49.7 Å². The fourth-order valence-corrected chi connectivity index (χ4v) is 2.72. The van der Waals surface area contributed by atoms with Crippen molar-refractivity contribution in [3.63, 3.8) is 0 Å². The smallest absolute Gasteiger partial charge is 0.307 e. The number of nitrogens with one attached hydrogen (secondary N) is 2. The maximum absolute atomic E-state index is 12.6. The van der Waals surface area contributed by atoms with Gasteiger partial charge in [0.15, 0.2) is 0 Å². The van der Waals surface area contributed by atoms with Crippen LogP contribution in [-0.2, 0) is 16.0 Å². The van der Waals surface area contributed by atoms with E-state index in [4.69, 9.17) is 16.7 Å². The van der Waals surface area contributed by atoms with Gasteiger partial charge >= 0.3 is 5.97 Å². The maximum Gasteiger partial charge on any atom is 0.307 e. The molecule has 2 amide bonds. The molecule has 0 saturated heterocycles. The molecule has 0 saturated carbocycles. The number of hydrogen-bond acceptors (Lipinski definition) is 3. The number of carboxylic acids is 1. The van der Waals surface area contributed by atoms with Crippen molar-refractivity contribution in [1.82, 2.24) is 5.32 Å². The van der Waals surface area contributed by atoms with Gasteiger partial charge in [-0.3, -0.25) is 14.4 Å². The number of hydrogen-bond donors (Lipinski definition) is 3. The zero-order valence-corrected chi connectivity index (χ0v) is 15.8. The molecule has 0 fully saturated rings. The Bertz CT molecular complexity index is 834. The standard InChI is InChI=1S/C20H21ClN2O4/c1-12(2)18(23-19(26)15-5-3-4-6-16(15)21)20(27)22-14-9-7-13(8-10-14)11-17(24)25/h3-10,12,18H,11H2,1-2H3,(H,22,27)(H,23,26)(H,24,25). The van der Waals surface area contributed by atoms with E-state index in [0.29, 0.717) is 21.8 Å². The van der Waals surface area contributed by atoms with E-state index in [0.717, 1.165) is 0 Å². The van der Waals surface area contributed by atoms with Crippen LogP contribution in [-0.4, -0.2) is 28.9 Å². The van der Waals surface area contributed by atoms with Crippen LogP contribution in [0.2, 0.25) is 5.02 Å². The Labute approximate surface area is 162 Å². The molecule has 2 aromatic rings. The summed E-state index contributed by atoms with van der Waals surface area (Å²) in [5.41, 5.74) is 1.45. The van der Waals surface area contributed by atoms with Gasteiger partial charge in [0, 0.05) is 5.69 Å². The molecule has 0 heterocycles. The summed E-state index contributed by atoms with van der Waals surface area (Å²) in [5, 5.41) is 14.6. The Morgan fingerprint density at radius 2 is 1.67 bits per heavy atom. The normalized spacial score (nSPS) is 11.7. The summed E-state index contributed by atoms with van der Waals surface area (Å²) in [5.74, 6) is -1.86. The first-order chi connectivity index (χ1) is 12.8. The first-order valence-corrected chi connectivity index (χ1v) is 8.82. The first kappa shape index (κ1) is 20.5. The minimum atomic E-state index is -0.922. The van der Waals surface area contributed by atoms with E-state index < -0.39 is 17.9 Å². The van der Waals surface area contributed by atoms with Crippen LogP contribution in [0.3, 0.4) is 0 Å². The Balaban J connectivity index is 2.07. The van der Waals surface area contributed by atoms with Crippen LogP contribution in [0.15, 0.2) is 48.5 Å². The third-order valence-electron chi connectivity index (χ3n) is 3.93. The van der Waals surface area contributed by atoms with Gasteiger partial charge in [-0.15, -0.1) is 0 Å². The number of halogens is 1. The molecule has 7 heteroatoms. The molecule has 0 aliphatic carbocycles. The van der Waals surface area contributed by atoms with Crippen LogP contribution in [0, 0.1) is 5.92 Å². The predicted octanol–water partition coefficient (Wildman–Crippen LogP) is 3.36. The van der Waals surface area contributed by atoms with Gasteiger partial charge in [-0.05, 0) is 35.7 Å². The van der Waals surface area contributed by atoms with Crippen molar-refractivity contribution in [2.24, 2.45) is 5.92 Å². The molecule has 0 aliphatic heterocycles. The molecule has 142 valence electrons. The third-order valence-corrected chi connectivity index (χ3v) is 4.26. The van der Waals surface area contributed by atoms with Crippen LogP contribution in [0.25, 0.3) is 0 Å². The molecule has 0 spiro atoms. The van der Waals surface area contributed by atoms with Gasteiger partial charge in [-0.25, -0.2) is 0 Å². The monoisotopic (exact) mass is 388 g/mol. The average molecular weight is 389 g/mol. The summed E-state index contributed by atoms with van der Waals surface area (Å²) in [4.78, 5) is 35.8. The van der Waals surface area contributed by atoms with Crippen molar-refractivity contribution in [2.75, 3.05) is 5.32 Å². The summed E-state index contributed by atoms with van der Waals surface area (Å²) in [6.45, 7) is 3.65. The number of anilines is 1. The van der Waals surface area contributed by atoms with Gasteiger partial charge in [0.05, 0.1) is 17.0 Å². The van der Waals surface area contributed by atoms with E-state index in [1.165, 1.54) is 0 Å². The van der Waals surface area contributed by atoms with Crippen molar-refractivity contribution in [1.29, 1.82) is 0 Å². The summed E-state index contributed by atoms with van der Waals surface area (Å²) in [6, 6.07) is 12.4. The molecular formula is C20H21ClN2O4.